The Hall–Kier alpha value is -1.17. The molecule has 19 heavy (non-hydrogen) atoms. The quantitative estimate of drug-likeness (QED) is 0.757. The SMILES string of the molecule is CNCc1nc(-c2c(C)[nH]c3ccccc23)sc1Br. The van der Waals surface area contributed by atoms with Crippen LogP contribution in [0.4, 0.5) is 0 Å². The second kappa shape index (κ2) is 5.07. The lowest BCUT2D eigenvalue weighted by molar-refractivity contribution is 0.795. The summed E-state index contributed by atoms with van der Waals surface area (Å²) >= 11 is 5.28. The maximum absolute atomic E-state index is 4.74. The molecule has 0 saturated carbocycles. The van der Waals surface area contributed by atoms with E-state index in [0.29, 0.717) is 0 Å². The Bertz CT molecular complexity index is 729. The van der Waals surface area contributed by atoms with Crippen molar-refractivity contribution in [1.29, 1.82) is 0 Å². The molecule has 3 nitrogen and oxygen atoms in total. The molecule has 0 spiro atoms. The van der Waals surface area contributed by atoms with Crippen LogP contribution in [0.3, 0.4) is 0 Å². The first-order chi connectivity index (χ1) is 9.20. The molecule has 3 rings (SSSR count). The van der Waals surface area contributed by atoms with E-state index in [1.807, 2.05) is 13.1 Å². The number of hydrogen-bond donors (Lipinski definition) is 2. The van der Waals surface area contributed by atoms with Crippen LogP contribution in [-0.4, -0.2) is 17.0 Å². The number of benzene rings is 1. The lowest BCUT2D eigenvalue weighted by atomic mass is 10.1. The molecule has 0 bridgehead atoms. The summed E-state index contributed by atoms with van der Waals surface area (Å²) in [5.74, 6) is 0. The minimum absolute atomic E-state index is 0.776. The molecule has 0 saturated heterocycles. The summed E-state index contributed by atoms with van der Waals surface area (Å²) in [6.07, 6.45) is 0. The Morgan fingerprint density at radius 3 is 2.95 bits per heavy atom. The number of halogens is 1. The van der Waals surface area contributed by atoms with Gasteiger partial charge < -0.3 is 10.3 Å². The topological polar surface area (TPSA) is 40.7 Å². The fourth-order valence-corrected chi connectivity index (χ4v) is 3.88. The van der Waals surface area contributed by atoms with E-state index >= 15 is 0 Å². The maximum atomic E-state index is 4.74. The lowest BCUT2D eigenvalue weighted by Crippen LogP contribution is -2.05. The van der Waals surface area contributed by atoms with Gasteiger partial charge in [0.25, 0.3) is 0 Å². The third-order valence-electron chi connectivity index (χ3n) is 3.10. The zero-order valence-corrected chi connectivity index (χ0v) is 13.2. The van der Waals surface area contributed by atoms with Gasteiger partial charge in [-0.1, -0.05) is 18.2 Å². The van der Waals surface area contributed by atoms with E-state index in [4.69, 9.17) is 4.98 Å². The van der Waals surface area contributed by atoms with Crippen molar-refractivity contribution in [3.8, 4) is 10.6 Å². The zero-order valence-electron chi connectivity index (χ0n) is 10.7. The number of H-pyrrole nitrogens is 1. The lowest BCUT2D eigenvalue weighted by Gasteiger charge is -1.96. The van der Waals surface area contributed by atoms with Crippen molar-refractivity contribution in [3.05, 3.63) is 39.4 Å². The van der Waals surface area contributed by atoms with Crippen LogP contribution in [0, 0.1) is 6.92 Å². The van der Waals surface area contributed by atoms with Crippen LogP contribution in [0.2, 0.25) is 0 Å². The van der Waals surface area contributed by atoms with E-state index in [9.17, 15) is 0 Å². The number of rotatable bonds is 3. The van der Waals surface area contributed by atoms with Crippen LogP contribution < -0.4 is 5.32 Å². The van der Waals surface area contributed by atoms with E-state index in [-0.39, 0.29) is 0 Å². The highest BCUT2D eigenvalue weighted by atomic mass is 79.9. The van der Waals surface area contributed by atoms with Gasteiger partial charge in [0.15, 0.2) is 0 Å². The Morgan fingerprint density at radius 1 is 1.37 bits per heavy atom. The Morgan fingerprint density at radius 2 is 2.16 bits per heavy atom. The number of nitrogens with one attached hydrogen (secondary N) is 2. The summed E-state index contributed by atoms with van der Waals surface area (Å²) in [7, 11) is 1.93. The molecule has 0 aliphatic rings. The third kappa shape index (κ3) is 2.22. The van der Waals surface area contributed by atoms with Gasteiger partial charge in [0.2, 0.25) is 0 Å². The van der Waals surface area contributed by atoms with E-state index in [0.717, 1.165) is 26.5 Å². The Labute approximate surface area is 124 Å². The fourth-order valence-electron chi connectivity index (χ4n) is 2.27. The molecule has 0 aliphatic heterocycles. The van der Waals surface area contributed by atoms with Crippen LogP contribution in [0.15, 0.2) is 28.1 Å². The van der Waals surface area contributed by atoms with Gasteiger partial charge in [0.1, 0.15) is 5.01 Å². The van der Waals surface area contributed by atoms with Crippen molar-refractivity contribution < 1.29 is 0 Å². The van der Waals surface area contributed by atoms with Crippen LogP contribution in [0.25, 0.3) is 21.5 Å². The average Bonchev–Trinajstić information content (AvgIpc) is 2.90. The highest BCUT2D eigenvalue weighted by Crippen LogP contribution is 2.37. The number of fused-ring (bicyclic) bond motifs is 1. The smallest absolute Gasteiger partial charge is 0.127 e. The molecular formula is C14H14BrN3S. The number of thiazole rings is 1. The van der Waals surface area contributed by atoms with Crippen molar-refractivity contribution in [3.63, 3.8) is 0 Å². The van der Waals surface area contributed by atoms with Gasteiger partial charge in [-0.2, -0.15) is 0 Å². The standard InChI is InChI=1S/C14H14BrN3S/c1-8-12(9-5-3-4-6-10(9)17-8)14-18-11(7-16-2)13(15)19-14/h3-6,16-17H,7H2,1-2H3. The molecule has 1 aromatic carbocycles. The van der Waals surface area contributed by atoms with E-state index in [2.05, 4.69) is 51.4 Å². The maximum Gasteiger partial charge on any atom is 0.127 e. The van der Waals surface area contributed by atoms with Crippen LogP contribution >= 0.6 is 27.3 Å². The monoisotopic (exact) mass is 335 g/mol. The molecule has 2 aromatic heterocycles. The number of aromatic amines is 1. The normalized spacial score (nSPS) is 11.3. The first-order valence-corrected chi connectivity index (χ1v) is 7.69. The fraction of sp³-hybridized carbons (Fsp3) is 0.214. The van der Waals surface area contributed by atoms with Crippen LogP contribution in [0.5, 0.6) is 0 Å². The number of aromatic nitrogens is 2. The van der Waals surface area contributed by atoms with E-state index in [1.165, 1.54) is 16.6 Å². The molecule has 0 amide bonds. The van der Waals surface area contributed by atoms with Crippen molar-refractivity contribution in [2.75, 3.05) is 7.05 Å². The minimum Gasteiger partial charge on any atom is -0.358 e. The summed E-state index contributed by atoms with van der Waals surface area (Å²) in [5, 5.41) is 5.44. The summed E-state index contributed by atoms with van der Waals surface area (Å²) in [4.78, 5) is 8.16. The Balaban J connectivity index is 2.18. The van der Waals surface area contributed by atoms with Crippen molar-refractivity contribution >= 4 is 38.2 Å². The van der Waals surface area contributed by atoms with Crippen LogP contribution in [0.1, 0.15) is 11.4 Å². The van der Waals surface area contributed by atoms with Gasteiger partial charge in [0, 0.05) is 28.7 Å². The van der Waals surface area contributed by atoms with E-state index < -0.39 is 0 Å². The van der Waals surface area contributed by atoms with Gasteiger partial charge in [-0.15, -0.1) is 11.3 Å². The summed E-state index contributed by atoms with van der Waals surface area (Å²) in [5.41, 5.74) is 4.60. The molecule has 0 radical (unpaired) electrons. The largest absolute Gasteiger partial charge is 0.358 e. The Kier molecular flexibility index (Phi) is 3.43. The van der Waals surface area contributed by atoms with Gasteiger partial charge in [-0.3, -0.25) is 0 Å². The number of para-hydroxylation sites is 1. The molecule has 2 N–H and O–H groups in total. The second-order valence-electron chi connectivity index (χ2n) is 4.44. The number of hydrogen-bond acceptors (Lipinski definition) is 3. The number of nitrogens with zero attached hydrogens (tertiary/aromatic N) is 1. The number of aryl methyl sites for hydroxylation is 1. The van der Waals surface area contributed by atoms with Crippen molar-refractivity contribution in [1.82, 2.24) is 15.3 Å². The van der Waals surface area contributed by atoms with E-state index in [1.54, 1.807) is 11.3 Å². The first-order valence-electron chi connectivity index (χ1n) is 6.08. The highest BCUT2D eigenvalue weighted by Gasteiger charge is 2.16. The average molecular weight is 336 g/mol. The highest BCUT2D eigenvalue weighted by molar-refractivity contribution is 9.11. The molecule has 0 unspecified atom stereocenters. The summed E-state index contributed by atoms with van der Waals surface area (Å²) in [6.45, 7) is 2.88. The predicted molar refractivity (Wildman–Crippen MR) is 84.6 cm³/mol. The molecule has 3 aromatic rings. The molecule has 98 valence electrons. The van der Waals surface area contributed by atoms with Gasteiger partial charge in [-0.25, -0.2) is 4.98 Å². The molecule has 2 heterocycles. The molecule has 0 atom stereocenters. The van der Waals surface area contributed by atoms with Gasteiger partial charge >= 0.3 is 0 Å². The molecule has 0 fully saturated rings. The van der Waals surface area contributed by atoms with Crippen LogP contribution in [-0.2, 0) is 6.54 Å². The van der Waals surface area contributed by atoms with Gasteiger partial charge in [-0.05, 0) is 36.0 Å². The predicted octanol–water partition coefficient (Wildman–Crippen LogP) is 4.08. The van der Waals surface area contributed by atoms with Crippen molar-refractivity contribution in [2.45, 2.75) is 13.5 Å². The first kappa shape index (κ1) is 12.8. The molecule has 5 heteroatoms. The minimum atomic E-state index is 0.776. The van der Waals surface area contributed by atoms with Crippen molar-refractivity contribution in [2.24, 2.45) is 0 Å². The zero-order chi connectivity index (χ0) is 13.4. The molecule has 0 aliphatic carbocycles. The summed E-state index contributed by atoms with van der Waals surface area (Å²) in [6, 6.07) is 8.35. The second-order valence-corrected chi connectivity index (χ2v) is 6.76. The summed E-state index contributed by atoms with van der Waals surface area (Å²) < 4.78 is 1.10. The van der Waals surface area contributed by atoms with Gasteiger partial charge in [0.05, 0.1) is 9.48 Å². The molecular weight excluding hydrogens is 322 g/mol. The third-order valence-corrected chi connectivity index (χ3v) is 4.95.